The summed E-state index contributed by atoms with van der Waals surface area (Å²) < 4.78 is 18.0. The lowest BCUT2D eigenvalue weighted by Crippen LogP contribution is -1.93. The smallest absolute Gasteiger partial charge is 0.260 e. The van der Waals surface area contributed by atoms with Crippen molar-refractivity contribution in [3.8, 4) is 23.0 Å². The SMILES string of the molecule is Cc1cccc(-c2nc(-c3ccc(F)cn3)no2)c1N. The van der Waals surface area contributed by atoms with Crippen molar-refractivity contribution >= 4 is 5.69 Å². The van der Waals surface area contributed by atoms with Gasteiger partial charge in [0.25, 0.3) is 5.89 Å². The quantitative estimate of drug-likeness (QED) is 0.724. The zero-order chi connectivity index (χ0) is 14.1. The van der Waals surface area contributed by atoms with Crippen LogP contribution in [0, 0.1) is 12.7 Å². The molecule has 3 aromatic rings. The van der Waals surface area contributed by atoms with E-state index in [1.54, 1.807) is 6.07 Å². The minimum Gasteiger partial charge on any atom is -0.398 e. The lowest BCUT2D eigenvalue weighted by molar-refractivity contribution is 0.432. The second-order valence-corrected chi connectivity index (χ2v) is 4.32. The number of para-hydroxylation sites is 1. The van der Waals surface area contributed by atoms with Crippen molar-refractivity contribution in [3.63, 3.8) is 0 Å². The van der Waals surface area contributed by atoms with E-state index in [9.17, 15) is 4.39 Å². The standard InChI is InChI=1S/C14H11FN4O/c1-8-3-2-4-10(12(8)16)14-18-13(19-20-14)11-6-5-9(15)7-17-11/h2-7H,16H2,1H3. The summed E-state index contributed by atoms with van der Waals surface area (Å²) >= 11 is 0. The molecule has 20 heavy (non-hydrogen) atoms. The van der Waals surface area contributed by atoms with Gasteiger partial charge in [-0.3, -0.25) is 0 Å². The summed E-state index contributed by atoms with van der Waals surface area (Å²) in [5, 5.41) is 3.84. The molecule has 2 N–H and O–H groups in total. The number of aryl methyl sites for hydroxylation is 1. The van der Waals surface area contributed by atoms with Gasteiger partial charge < -0.3 is 10.3 Å². The van der Waals surface area contributed by atoms with Crippen LogP contribution in [0.5, 0.6) is 0 Å². The normalized spacial score (nSPS) is 10.7. The molecule has 0 fully saturated rings. The molecule has 2 aromatic heterocycles. The highest BCUT2D eigenvalue weighted by Gasteiger charge is 2.14. The predicted octanol–water partition coefficient (Wildman–Crippen LogP) is 2.83. The van der Waals surface area contributed by atoms with Gasteiger partial charge in [0.2, 0.25) is 5.82 Å². The number of nitrogens with zero attached hydrogens (tertiary/aromatic N) is 3. The van der Waals surface area contributed by atoms with E-state index < -0.39 is 5.82 Å². The van der Waals surface area contributed by atoms with Gasteiger partial charge >= 0.3 is 0 Å². The van der Waals surface area contributed by atoms with E-state index in [4.69, 9.17) is 10.3 Å². The molecule has 1 aromatic carbocycles. The van der Waals surface area contributed by atoms with Crippen LogP contribution in [0.2, 0.25) is 0 Å². The maximum absolute atomic E-state index is 12.8. The van der Waals surface area contributed by atoms with E-state index in [2.05, 4.69) is 15.1 Å². The number of aromatic nitrogens is 3. The molecule has 2 heterocycles. The van der Waals surface area contributed by atoms with Crippen molar-refractivity contribution in [2.45, 2.75) is 6.92 Å². The average molecular weight is 270 g/mol. The van der Waals surface area contributed by atoms with E-state index in [1.165, 1.54) is 12.1 Å². The van der Waals surface area contributed by atoms with Crippen LogP contribution < -0.4 is 5.73 Å². The Bertz CT molecular complexity index is 752. The monoisotopic (exact) mass is 270 g/mol. The summed E-state index contributed by atoms with van der Waals surface area (Å²) in [6.45, 7) is 1.90. The highest BCUT2D eigenvalue weighted by molar-refractivity contribution is 5.73. The van der Waals surface area contributed by atoms with Crippen LogP contribution in [-0.4, -0.2) is 15.1 Å². The van der Waals surface area contributed by atoms with E-state index in [0.29, 0.717) is 28.7 Å². The summed E-state index contributed by atoms with van der Waals surface area (Å²) in [4.78, 5) is 8.14. The molecular weight excluding hydrogens is 259 g/mol. The molecule has 0 atom stereocenters. The maximum atomic E-state index is 12.8. The Balaban J connectivity index is 2.02. The molecule has 6 heteroatoms. The molecule has 3 rings (SSSR count). The molecule has 0 aliphatic rings. The fourth-order valence-electron chi connectivity index (χ4n) is 1.81. The Labute approximate surface area is 114 Å². The van der Waals surface area contributed by atoms with E-state index in [-0.39, 0.29) is 0 Å². The zero-order valence-corrected chi connectivity index (χ0v) is 10.7. The summed E-state index contributed by atoms with van der Waals surface area (Å²) in [5.41, 5.74) is 8.62. The molecule has 0 spiro atoms. The number of hydrogen-bond donors (Lipinski definition) is 1. The Morgan fingerprint density at radius 1 is 1.20 bits per heavy atom. The Hall–Kier alpha value is -2.76. The van der Waals surface area contributed by atoms with Crippen molar-refractivity contribution in [2.75, 3.05) is 5.73 Å². The van der Waals surface area contributed by atoms with E-state index in [1.807, 2.05) is 19.1 Å². The minimum atomic E-state index is -0.416. The second kappa shape index (κ2) is 4.73. The Morgan fingerprint density at radius 2 is 2.05 bits per heavy atom. The molecule has 5 nitrogen and oxygen atoms in total. The third kappa shape index (κ3) is 2.11. The molecule has 0 aliphatic heterocycles. The molecular formula is C14H11FN4O. The largest absolute Gasteiger partial charge is 0.398 e. The van der Waals surface area contributed by atoms with Crippen LogP contribution in [0.3, 0.4) is 0 Å². The van der Waals surface area contributed by atoms with Gasteiger partial charge in [0, 0.05) is 5.69 Å². The van der Waals surface area contributed by atoms with Crippen LogP contribution in [0.25, 0.3) is 23.0 Å². The van der Waals surface area contributed by atoms with Crippen molar-refractivity contribution in [3.05, 3.63) is 47.9 Å². The highest BCUT2D eigenvalue weighted by Crippen LogP contribution is 2.28. The van der Waals surface area contributed by atoms with Gasteiger partial charge in [0.05, 0.1) is 11.8 Å². The van der Waals surface area contributed by atoms with Crippen molar-refractivity contribution in [1.29, 1.82) is 0 Å². The van der Waals surface area contributed by atoms with Crippen LogP contribution in [-0.2, 0) is 0 Å². The first-order valence-corrected chi connectivity index (χ1v) is 5.96. The fourth-order valence-corrected chi connectivity index (χ4v) is 1.81. The number of rotatable bonds is 2. The Morgan fingerprint density at radius 3 is 2.80 bits per heavy atom. The number of benzene rings is 1. The second-order valence-electron chi connectivity index (χ2n) is 4.32. The first kappa shape index (κ1) is 12.3. The number of anilines is 1. The number of nitrogens with two attached hydrogens (primary N) is 1. The van der Waals surface area contributed by atoms with Gasteiger partial charge in [-0.2, -0.15) is 4.98 Å². The first-order valence-electron chi connectivity index (χ1n) is 5.96. The van der Waals surface area contributed by atoms with Gasteiger partial charge in [0.15, 0.2) is 0 Å². The van der Waals surface area contributed by atoms with Crippen molar-refractivity contribution in [1.82, 2.24) is 15.1 Å². The number of halogens is 1. The number of nitrogen functional groups attached to an aromatic ring is 1. The molecule has 0 unspecified atom stereocenters. The molecule has 0 amide bonds. The van der Waals surface area contributed by atoms with Crippen LogP contribution in [0.1, 0.15) is 5.56 Å². The van der Waals surface area contributed by atoms with Crippen molar-refractivity contribution < 1.29 is 8.91 Å². The molecule has 100 valence electrons. The predicted molar refractivity (Wildman–Crippen MR) is 72.1 cm³/mol. The molecule has 0 saturated carbocycles. The van der Waals surface area contributed by atoms with E-state index in [0.717, 1.165) is 11.8 Å². The summed E-state index contributed by atoms with van der Waals surface area (Å²) in [6, 6.07) is 8.35. The number of pyridine rings is 1. The van der Waals surface area contributed by atoms with Gasteiger partial charge in [-0.05, 0) is 30.7 Å². The summed E-state index contributed by atoms with van der Waals surface area (Å²) in [6.07, 6.45) is 1.10. The lowest BCUT2D eigenvalue weighted by atomic mass is 10.1. The molecule has 0 radical (unpaired) electrons. The first-order chi connectivity index (χ1) is 9.65. The third-order valence-electron chi connectivity index (χ3n) is 2.94. The van der Waals surface area contributed by atoms with Gasteiger partial charge in [-0.25, -0.2) is 9.37 Å². The minimum absolute atomic E-state index is 0.293. The average Bonchev–Trinajstić information content (AvgIpc) is 2.92. The third-order valence-corrected chi connectivity index (χ3v) is 2.94. The number of hydrogen-bond acceptors (Lipinski definition) is 5. The van der Waals surface area contributed by atoms with Crippen molar-refractivity contribution in [2.24, 2.45) is 0 Å². The zero-order valence-electron chi connectivity index (χ0n) is 10.7. The highest BCUT2D eigenvalue weighted by atomic mass is 19.1. The van der Waals surface area contributed by atoms with Crippen LogP contribution >= 0.6 is 0 Å². The fraction of sp³-hybridized carbons (Fsp3) is 0.0714. The van der Waals surface area contributed by atoms with E-state index >= 15 is 0 Å². The topological polar surface area (TPSA) is 77.8 Å². The van der Waals surface area contributed by atoms with Crippen LogP contribution in [0.15, 0.2) is 41.1 Å². The lowest BCUT2D eigenvalue weighted by Gasteiger charge is -2.02. The van der Waals surface area contributed by atoms with Gasteiger partial charge in [-0.1, -0.05) is 17.3 Å². The molecule has 0 saturated heterocycles. The molecule has 0 bridgehead atoms. The summed E-state index contributed by atoms with van der Waals surface area (Å²) in [7, 11) is 0. The van der Waals surface area contributed by atoms with Gasteiger partial charge in [0.1, 0.15) is 11.5 Å². The maximum Gasteiger partial charge on any atom is 0.260 e. The van der Waals surface area contributed by atoms with Gasteiger partial charge in [-0.15, -0.1) is 0 Å². The molecule has 0 aliphatic carbocycles. The Kier molecular flexibility index (Phi) is 2.90. The van der Waals surface area contributed by atoms with Crippen LogP contribution in [0.4, 0.5) is 10.1 Å². The summed E-state index contributed by atoms with van der Waals surface area (Å²) in [5.74, 6) is 0.189.